The van der Waals surface area contributed by atoms with E-state index in [1.165, 1.54) is 10.6 Å². The van der Waals surface area contributed by atoms with E-state index in [1.54, 1.807) is 0 Å². The highest BCUT2D eigenvalue weighted by atomic mass is 16.5. The predicted octanol–water partition coefficient (Wildman–Crippen LogP) is 3.51. The number of rotatable bonds is 1. The van der Waals surface area contributed by atoms with Crippen molar-refractivity contribution in [2.45, 2.75) is 38.8 Å². The summed E-state index contributed by atoms with van der Waals surface area (Å²) in [5.41, 5.74) is 4.00. The van der Waals surface area contributed by atoms with Crippen LogP contribution in [0.1, 0.15) is 42.4 Å². The molecule has 0 saturated carbocycles. The van der Waals surface area contributed by atoms with Crippen molar-refractivity contribution in [3.8, 4) is 0 Å². The van der Waals surface area contributed by atoms with E-state index in [9.17, 15) is 5.21 Å². The maximum absolute atomic E-state index is 10.7. The van der Waals surface area contributed by atoms with E-state index in [2.05, 4.69) is 37.0 Å². The van der Waals surface area contributed by atoms with Gasteiger partial charge in [-0.2, -0.15) is 5.06 Å². The minimum absolute atomic E-state index is 0.199. The third-order valence-electron chi connectivity index (χ3n) is 4.03. The van der Waals surface area contributed by atoms with Gasteiger partial charge < -0.3 is 5.21 Å². The third kappa shape index (κ3) is 2.13. The Labute approximate surface area is 119 Å². The van der Waals surface area contributed by atoms with E-state index >= 15 is 0 Å². The van der Waals surface area contributed by atoms with E-state index in [-0.39, 0.29) is 11.6 Å². The Kier molecular flexibility index (Phi) is 3.11. The van der Waals surface area contributed by atoms with E-state index < -0.39 is 0 Å². The first-order valence-electron chi connectivity index (χ1n) is 6.98. The molecule has 3 heteroatoms. The van der Waals surface area contributed by atoms with Crippen molar-refractivity contribution >= 4 is 0 Å². The molecule has 1 aromatic carbocycles. The standard InChI is InChI=1S/C17H20N2O/c1-12-7-6-10-15(18-12)16-14-9-5-4-8-13(14)11-17(2,3)19(16)20/h4-10,16,20H,11H2,1-3H3. The lowest BCUT2D eigenvalue weighted by molar-refractivity contribution is -0.191. The molecule has 3 nitrogen and oxygen atoms in total. The number of aryl methyl sites for hydroxylation is 1. The molecule has 2 aromatic rings. The second kappa shape index (κ2) is 4.69. The first kappa shape index (κ1) is 13.3. The molecular weight excluding hydrogens is 248 g/mol. The summed E-state index contributed by atoms with van der Waals surface area (Å²) in [7, 11) is 0. The van der Waals surface area contributed by atoms with Crippen LogP contribution >= 0.6 is 0 Å². The van der Waals surface area contributed by atoms with Gasteiger partial charge in [0.2, 0.25) is 0 Å². The molecule has 20 heavy (non-hydrogen) atoms. The van der Waals surface area contributed by atoms with Gasteiger partial charge in [0.25, 0.3) is 0 Å². The van der Waals surface area contributed by atoms with Gasteiger partial charge in [-0.1, -0.05) is 30.3 Å². The lowest BCUT2D eigenvalue weighted by atomic mass is 9.82. The van der Waals surface area contributed by atoms with Crippen molar-refractivity contribution in [3.05, 3.63) is 65.0 Å². The molecule has 0 spiro atoms. The molecule has 0 bridgehead atoms. The van der Waals surface area contributed by atoms with Crippen LogP contribution in [0.2, 0.25) is 0 Å². The molecule has 0 amide bonds. The number of benzene rings is 1. The van der Waals surface area contributed by atoms with Crippen LogP contribution in [0.5, 0.6) is 0 Å². The molecule has 1 aliphatic rings. The number of hydroxylamine groups is 2. The molecule has 0 fully saturated rings. The molecule has 0 aliphatic carbocycles. The maximum atomic E-state index is 10.7. The zero-order chi connectivity index (χ0) is 14.3. The number of pyridine rings is 1. The quantitative estimate of drug-likeness (QED) is 0.860. The molecular formula is C17H20N2O. The number of aromatic nitrogens is 1. The fourth-order valence-corrected chi connectivity index (χ4v) is 2.99. The lowest BCUT2D eigenvalue weighted by Crippen LogP contribution is -2.49. The van der Waals surface area contributed by atoms with Crippen molar-refractivity contribution in [2.24, 2.45) is 0 Å². The Morgan fingerprint density at radius 1 is 1.15 bits per heavy atom. The SMILES string of the molecule is Cc1cccc(C2c3ccccc3CC(C)(C)N2O)n1. The number of hydrogen-bond acceptors (Lipinski definition) is 3. The molecule has 1 atom stereocenters. The van der Waals surface area contributed by atoms with E-state index in [0.29, 0.717) is 0 Å². The highest BCUT2D eigenvalue weighted by molar-refractivity contribution is 5.39. The molecule has 1 N–H and O–H groups in total. The number of nitrogens with zero attached hydrogens (tertiary/aromatic N) is 2. The van der Waals surface area contributed by atoms with Gasteiger partial charge in [-0.05, 0) is 50.5 Å². The second-order valence-corrected chi connectivity index (χ2v) is 6.14. The second-order valence-electron chi connectivity index (χ2n) is 6.14. The minimum Gasteiger partial charge on any atom is -0.312 e. The highest BCUT2D eigenvalue weighted by Crippen LogP contribution is 2.40. The summed E-state index contributed by atoms with van der Waals surface area (Å²) in [5, 5.41) is 12.1. The zero-order valence-corrected chi connectivity index (χ0v) is 12.2. The molecule has 1 aliphatic heterocycles. The maximum Gasteiger partial charge on any atom is 0.103 e. The topological polar surface area (TPSA) is 36.4 Å². The first-order chi connectivity index (χ1) is 9.49. The normalized spacial score (nSPS) is 21.5. The molecule has 0 saturated heterocycles. The number of hydrogen-bond donors (Lipinski definition) is 1. The van der Waals surface area contributed by atoms with Gasteiger partial charge in [-0.3, -0.25) is 4.98 Å². The van der Waals surface area contributed by atoms with Gasteiger partial charge in [-0.25, -0.2) is 0 Å². The largest absolute Gasteiger partial charge is 0.312 e. The smallest absolute Gasteiger partial charge is 0.103 e. The van der Waals surface area contributed by atoms with Crippen molar-refractivity contribution in [3.63, 3.8) is 0 Å². The van der Waals surface area contributed by atoms with Crippen LogP contribution in [0.3, 0.4) is 0 Å². The minimum atomic E-state index is -0.301. The van der Waals surface area contributed by atoms with Gasteiger partial charge >= 0.3 is 0 Å². The van der Waals surface area contributed by atoms with Crippen LogP contribution in [0.15, 0.2) is 42.5 Å². The zero-order valence-electron chi connectivity index (χ0n) is 12.2. The lowest BCUT2D eigenvalue weighted by Gasteiger charge is -2.44. The average Bonchev–Trinajstić information content (AvgIpc) is 2.40. The Hall–Kier alpha value is -1.71. The summed E-state index contributed by atoms with van der Waals surface area (Å²) in [5.74, 6) is 0. The van der Waals surface area contributed by atoms with E-state index in [1.807, 2.05) is 31.2 Å². The van der Waals surface area contributed by atoms with Crippen molar-refractivity contribution < 1.29 is 5.21 Å². The predicted molar refractivity (Wildman–Crippen MR) is 78.7 cm³/mol. The molecule has 1 aromatic heterocycles. The molecule has 104 valence electrons. The fourth-order valence-electron chi connectivity index (χ4n) is 2.99. The Morgan fingerprint density at radius 3 is 2.65 bits per heavy atom. The van der Waals surface area contributed by atoms with Crippen LogP contribution < -0.4 is 0 Å². The summed E-state index contributed by atoms with van der Waals surface area (Å²) in [6, 6.07) is 14.1. The first-order valence-corrected chi connectivity index (χ1v) is 6.98. The summed E-state index contributed by atoms with van der Waals surface area (Å²) in [6.45, 7) is 6.10. The molecule has 3 rings (SSSR count). The Morgan fingerprint density at radius 2 is 1.90 bits per heavy atom. The summed E-state index contributed by atoms with van der Waals surface area (Å²) < 4.78 is 0. The highest BCUT2D eigenvalue weighted by Gasteiger charge is 2.40. The fraction of sp³-hybridized carbons (Fsp3) is 0.353. The van der Waals surface area contributed by atoms with Crippen LogP contribution in [0.25, 0.3) is 0 Å². The molecule has 2 heterocycles. The summed E-state index contributed by atoms with van der Waals surface area (Å²) in [6.07, 6.45) is 0.835. The molecule has 0 radical (unpaired) electrons. The monoisotopic (exact) mass is 268 g/mol. The van der Waals surface area contributed by atoms with Gasteiger partial charge in [0, 0.05) is 11.2 Å². The van der Waals surface area contributed by atoms with Gasteiger partial charge in [0.1, 0.15) is 6.04 Å². The average molecular weight is 268 g/mol. The third-order valence-corrected chi connectivity index (χ3v) is 4.03. The van der Waals surface area contributed by atoms with Crippen molar-refractivity contribution in [2.75, 3.05) is 0 Å². The Bertz CT molecular complexity index is 636. The van der Waals surface area contributed by atoms with Gasteiger partial charge in [-0.15, -0.1) is 0 Å². The summed E-state index contributed by atoms with van der Waals surface area (Å²) >= 11 is 0. The van der Waals surface area contributed by atoms with E-state index in [0.717, 1.165) is 23.4 Å². The van der Waals surface area contributed by atoms with Crippen LogP contribution in [-0.4, -0.2) is 20.8 Å². The van der Waals surface area contributed by atoms with Gasteiger partial charge in [0.05, 0.1) is 5.69 Å². The van der Waals surface area contributed by atoms with Crippen molar-refractivity contribution in [1.29, 1.82) is 0 Å². The van der Waals surface area contributed by atoms with Crippen LogP contribution in [0.4, 0.5) is 0 Å². The summed E-state index contributed by atoms with van der Waals surface area (Å²) in [4.78, 5) is 4.61. The number of fused-ring (bicyclic) bond motifs is 1. The van der Waals surface area contributed by atoms with Gasteiger partial charge in [0.15, 0.2) is 0 Å². The van der Waals surface area contributed by atoms with Crippen LogP contribution in [-0.2, 0) is 6.42 Å². The van der Waals surface area contributed by atoms with Crippen molar-refractivity contribution in [1.82, 2.24) is 10.0 Å². The molecule has 1 unspecified atom stereocenters. The van der Waals surface area contributed by atoms with E-state index in [4.69, 9.17) is 0 Å². The van der Waals surface area contributed by atoms with Crippen LogP contribution in [0, 0.1) is 6.92 Å². The Balaban J connectivity index is 2.17.